The summed E-state index contributed by atoms with van der Waals surface area (Å²) in [6.07, 6.45) is 1.48. The summed E-state index contributed by atoms with van der Waals surface area (Å²) >= 11 is 0. The number of primary amides is 1. The first-order chi connectivity index (χ1) is 18.9. The van der Waals surface area contributed by atoms with Crippen molar-refractivity contribution in [1.82, 2.24) is 19.5 Å². The van der Waals surface area contributed by atoms with E-state index < -0.39 is 10.7 Å². The van der Waals surface area contributed by atoms with E-state index in [9.17, 15) is 4.79 Å². The van der Waals surface area contributed by atoms with Crippen molar-refractivity contribution in [3.8, 4) is 11.5 Å². The number of fused-ring (bicyclic) bond motifs is 1. The number of aryl methyl sites for hydroxylation is 1. The predicted octanol–water partition coefficient (Wildman–Crippen LogP) is 4.43. The maximum atomic E-state index is 12.4. The van der Waals surface area contributed by atoms with Gasteiger partial charge >= 0.3 is 0 Å². The molecule has 5 rings (SSSR count). The van der Waals surface area contributed by atoms with E-state index in [0.29, 0.717) is 35.5 Å². The fraction of sp³-hybridized carbons (Fsp3) is 0.296. The van der Waals surface area contributed by atoms with E-state index in [0.717, 1.165) is 23.3 Å². The first-order valence-electron chi connectivity index (χ1n) is 12.6. The van der Waals surface area contributed by atoms with Crippen molar-refractivity contribution in [1.29, 1.82) is 0 Å². The maximum Gasteiger partial charge on any atom is 0.289 e. The zero-order chi connectivity index (χ0) is 27.5. The molecule has 2 aromatic carbocycles. The van der Waals surface area contributed by atoms with Crippen LogP contribution in [0.4, 0.5) is 22.2 Å². The Morgan fingerprint density at radius 1 is 1.10 bits per heavy atom. The highest BCUT2D eigenvalue weighted by Crippen LogP contribution is 2.39. The van der Waals surface area contributed by atoms with Gasteiger partial charge in [0.2, 0.25) is 5.95 Å². The van der Waals surface area contributed by atoms with Gasteiger partial charge in [-0.1, -0.05) is 31.2 Å². The molecule has 1 amide bonds. The summed E-state index contributed by atoms with van der Waals surface area (Å²) in [4.78, 5) is 26.5. The Balaban J connectivity index is 1.48. The normalized spacial score (nSPS) is 18.6. The molecule has 2 aromatic heterocycles. The molecule has 0 radical (unpaired) electrons. The number of carbonyl (C=O) groups excluding carboxylic acids is 1. The lowest BCUT2D eigenvalue weighted by atomic mass is 10.1. The largest absolute Gasteiger partial charge is 0.493 e. The van der Waals surface area contributed by atoms with Gasteiger partial charge < -0.3 is 30.4 Å². The second-order valence-electron chi connectivity index (χ2n) is 9.02. The van der Waals surface area contributed by atoms with Crippen molar-refractivity contribution < 1.29 is 14.3 Å². The Bertz CT molecular complexity index is 1520. The van der Waals surface area contributed by atoms with Crippen molar-refractivity contribution >= 4 is 49.9 Å². The number of carbonyl (C=O) groups is 1. The molecule has 12 heteroatoms. The monoisotopic (exact) mass is 548 g/mol. The molecule has 1 aliphatic rings. The highest BCUT2D eigenvalue weighted by molar-refractivity contribution is 8.28. The van der Waals surface area contributed by atoms with Crippen LogP contribution in [0.15, 0.2) is 54.9 Å². The third kappa shape index (κ3) is 5.19. The van der Waals surface area contributed by atoms with Gasteiger partial charge in [0.05, 0.1) is 20.5 Å². The Morgan fingerprint density at radius 2 is 1.87 bits per heavy atom. The van der Waals surface area contributed by atoms with Gasteiger partial charge in [-0.05, 0) is 52.8 Å². The number of imidazole rings is 1. The molecule has 4 N–H and O–H groups in total. The average Bonchev–Trinajstić information content (AvgIpc) is 3.52. The van der Waals surface area contributed by atoms with Crippen molar-refractivity contribution in [3.05, 3.63) is 60.4 Å². The van der Waals surface area contributed by atoms with Crippen LogP contribution in [-0.4, -0.2) is 50.5 Å². The number of nitrogens with two attached hydrogens (primary N) is 1. The summed E-state index contributed by atoms with van der Waals surface area (Å²) < 4.78 is 14.8. The Kier molecular flexibility index (Phi) is 7.55. The summed E-state index contributed by atoms with van der Waals surface area (Å²) in [5.41, 5.74) is 9.06. The zero-order valence-corrected chi connectivity index (χ0v) is 23.1. The van der Waals surface area contributed by atoms with E-state index >= 15 is 0 Å². The van der Waals surface area contributed by atoms with E-state index in [-0.39, 0.29) is 17.3 Å². The number of amides is 1. The van der Waals surface area contributed by atoms with Gasteiger partial charge in [0, 0.05) is 24.7 Å². The van der Waals surface area contributed by atoms with E-state index in [1.165, 1.54) is 0 Å². The molecule has 3 unspecified atom stereocenters. The number of para-hydroxylation sites is 1. The summed E-state index contributed by atoms with van der Waals surface area (Å²) in [7, 11) is 2.33. The van der Waals surface area contributed by atoms with Gasteiger partial charge in [0.25, 0.3) is 5.24 Å². The van der Waals surface area contributed by atoms with Crippen molar-refractivity contribution in [2.75, 3.05) is 29.2 Å². The van der Waals surface area contributed by atoms with Crippen molar-refractivity contribution in [2.45, 2.75) is 33.1 Å². The van der Waals surface area contributed by atoms with Gasteiger partial charge in [-0.25, -0.2) is 4.98 Å². The predicted molar refractivity (Wildman–Crippen MR) is 157 cm³/mol. The lowest BCUT2D eigenvalue weighted by Crippen LogP contribution is -2.40. The van der Waals surface area contributed by atoms with Crippen LogP contribution in [0.5, 0.6) is 11.5 Å². The minimum Gasteiger partial charge on any atom is -0.493 e. The lowest BCUT2D eigenvalue weighted by Gasteiger charge is -2.31. The number of nitrogens with zero attached hydrogens (tertiary/aromatic N) is 5. The summed E-state index contributed by atoms with van der Waals surface area (Å²) in [5.74, 6) is 2.37. The summed E-state index contributed by atoms with van der Waals surface area (Å²) in [6.45, 7) is 5.30. The second-order valence-corrected chi connectivity index (χ2v) is 10.7. The molecule has 0 spiro atoms. The van der Waals surface area contributed by atoms with Crippen LogP contribution >= 0.6 is 10.7 Å². The van der Waals surface area contributed by atoms with E-state index in [1.54, 1.807) is 20.5 Å². The highest BCUT2D eigenvalue weighted by atomic mass is 32.2. The standard InChI is InChI=1S/C27H32N8O3S/c1-5-34-16-30-24-22(34)23(29-14-18-11-12-20(37-3)21(13-18)38-4)31-27(32-24)33-25-17(2)15-39(26(28)36)35(25)19-9-7-6-8-10-19/h6-13,15-17,25H,5,14H2,1-4H3,(H2,28,36)(H2,29,31,32,33). The number of ether oxygens (including phenoxy) is 2. The van der Waals surface area contributed by atoms with Gasteiger partial charge in [0.1, 0.15) is 11.7 Å². The topological polar surface area (TPSA) is 132 Å². The molecule has 1 aliphatic heterocycles. The molecule has 4 aromatic rings. The summed E-state index contributed by atoms with van der Waals surface area (Å²) in [5, 5.41) is 8.51. The van der Waals surface area contributed by atoms with Gasteiger partial charge in [-0.15, -0.1) is 0 Å². The van der Waals surface area contributed by atoms with Crippen LogP contribution in [0.2, 0.25) is 0 Å². The smallest absolute Gasteiger partial charge is 0.289 e. The maximum absolute atomic E-state index is 12.4. The van der Waals surface area contributed by atoms with E-state index in [1.807, 2.05) is 76.6 Å². The van der Waals surface area contributed by atoms with Crippen molar-refractivity contribution in [3.63, 3.8) is 0 Å². The summed E-state index contributed by atoms with van der Waals surface area (Å²) in [6, 6.07) is 15.5. The molecule has 0 fully saturated rings. The first kappa shape index (κ1) is 26.3. The number of benzene rings is 2. The molecule has 11 nitrogen and oxygen atoms in total. The van der Waals surface area contributed by atoms with Gasteiger partial charge in [-0.3, -0.25) is 9.10 Å². The third-order valence-electron chi connectivity index (χ3n) is 6.52. The van der Waals surface area contributed by atoms with Crippen molar-refractivity contribution in [2.24, 2.45) is 11.7 Å². The Morgan fingerprint density at radius 3 is 2.56 bits per heavy atom. The number of anilines is 3. The number of methoxy groups -OCH3 is 2. The minimum atomic E-state index is -0.894. The van der Waals surface area contributed by atoms with Gasteiger partial charge in [0.15, 0.2) is 23.0 Å². The number of hydrogen-bond donors (Lipinski definition) is 3. The van der Waals surface area contributed by atoms with Gasteiger partial charge in [-0.2, -0.15) is 9.97 Å². The minimum absolute atomic E-state index is 0.00305. The van der Waals surface area contributed by atoms with Crippen LogP contribution in [-0.2, 0) is 13.1 Å². The number of nitrogens with one attached hydrogen (secondary N) is 2. The molecule has 3 heterocycles. The number of aromatic nitrogens is 4. The van der Waals surface area contributed by atoms with E-state index in [4.69, 9.17) is 25.2 Å². The quantitative estimate of drug-likeness (QED) is 0.260. The SMILES string of the molecule is CCn1cnc2nc(NC3C(C)C=S(C(N)=O)N3c3ccccc3)nc(NCc3ccc(OC)c(OC)c3)c21. The molecule has 0 bridgehead atoms. The fourth-order valence-corrected chi connectivity index (χ4v) is 6.45. The van der Waals surface area contributed by atoms with Crippen LogP contribution in [0.25, 0.3) is 11.2 Å². The average molecular weight is 549 g/mol. The van der Waals surface area contributed by atoms with E-state index in [2.05, 4.69) is 15.6 Å². The van der Waals surface area contributed by atoms with Crippen LogP contribution < -0.4 is 30.1 Å². The molecule has 0 aliphatic carbocycles. The zero-order valence-electron chi connectivity index (χ0n) is 22.3. The molecular weight excluding hydrogens is 516 g/mol. The first-order valence-corrected chi connectivity index (χ1v) is 13.8. The lowest BCUT2D eigenvalue weighted by molar-refractivity contribution is 0.267. The second kappa shape index (κ2) is 11.2. The Labute approximate surface area is 229 Å². The Hall–Kier alpha value is -4.32. The molecule has 0 saturated carbocycles. The number of hydrogen-bond acceptors (Lipinski definition) is 9. The molecule has 204 valence electrons. The molecular formula is C27H32N8O3S. The highest BCUT2D eigenvalue weighted by Gasteiger charge is 2.35. The molecule has 39 heavy (non-hydrogen) atoms. The molecule has 0 saturated heterocycles. The van der Waals surface area contributed by atoms with Crippen LogP contribution in [0.1, 0.15) is 19.4 Å². The number of rotatable bonds is 9. The molecule has 3 atom stereocenters. The fourth-order valence-electron chi connectivity index (χ4n) is 4.60. The third-order valence-corrected chi connectivity index (χ3v) is 8.48. The van der Waals surface area contributed by atoms with Crippen LogP contribution in [0, 0.1) is 5.92 Å². The van der Waals surface area contributed by atoms with Crippen LogP contribution in [0.3, 0.4) is 0 Å².